The average molecular weight is 448 g/mol. The lowest BCUT2D eigenvalue weighted by atomic mass is 9.90. The number of hydrogen-bond acceptors (Lipinski definition) is 5. The van der Waals surface area contributed by atoms with E-state index in [2.05, 4.69) is 22.2 Å². The van der Waals surface area contributed by atoms with Crippen LogP contribution in [0.4, 0.5) is 4.79 Å². The van der Waals surface area contributed by atoms with Crippen LogP contribution in [0.15, 0.2) is 0 Å². The molecule has 2 N–H and O–H groups in total. The van der Waals surface area contributed by atoms with E-state index in [1.165, 1.54) is 12.1 Å². The third-order valence-corrected chi connectivity index (χ3v) is 6.08. The first-order valence-electron chi connectivity index (χ1n) is 12.4. The number of carbonyl (C=O) groups is 2. The summed E-state index contributed by atoms with van der Waals surface area (Å²) >= 11 is 0. The number of likely N-dealkylation sites (tertiary alicyclic amines) is 1. The van der Waals surface area contributed by atoms with Gasteiger partial charge in [-0.25, -0.2) is 4.79 Å². The number of alkyl carbamates (subject to hydrolysis) is 1. The van der Waals surface area contributed by atoms with Gasteiger partial charge in [0.1, 0.15) is 5.60 Å². The van der Waals surface area contributed by atoms with Crippen LogP contribution in [0.5, 0.6) is 0 Å². The molecule has 8 heteroatoms. The Labute approximate surface area is 192 Å². The maximum Gasteiger partial charge on any atom is 0.407 e. The van der Waals surface area contributed by atoms with Crippen molar-refractivity contribution in [2.75, 3.05) is 26.2 Å². The van der Waals surface area contributed by atoms with Crippen LogP contribution in [0.25, 0.3) is 0 Å². The van der Waals surface area contributed by atoms with E-state index in [4.69, 9.17) is 9.84 Å². The number of aryl methyl sites for hydroxylation is 1. The number of fused-ring (bicyclic) bond motifs is 1. The van der Waals surface area contributed by atoms with Crippen molar-refractivity contribution < 1.29 is 14.3 Å². The third-order valence-electron chi connectivity index (χ3n) is 6.08. The summed E-state index contributed by atoms with van der Waals surface area (Å²) in [6.07, 6.45) is 7.69. The number of ether oxygens (including phenoxy) is 1. The second-order valence-electron chi connectivity index (χ2n) is 10.0. The minimum absolute atomic E-state index is 0.109. The van der Waals surface area contributed by atoms with Gasteiger partial charge in [0.2, 0.25) is 0 Å². The van der Waals surface area contributed by atoms with Crippen LogP contribution in [0.2, 0.25) is 0 Å². The van der Waals surface area contributed by atoms with Gasteiger partial charge >= 0.3 is 6.09 Å². The minimum atomic E-state index is -0.478. The van der Waals surface area contributed by atoms with Crippen LogP contribution in [-0.2, 0) is 24.1 Å². The van der Waals surface area contributed by atoms with Crippen LogP contribution in [0.1, 0.15) is 88.0 Å². The van der Waals surface area contributed by atoms with Gasteiger partial charge in [-0.2, -0.15) is 5.10 Å². The van der Waals surface area contributed by atoms with Crippen LogP contribution in [0.3, 0.4) is 0 Å². The first-order chi connectivity index (χ1) is 15.3. The topological polar surface area (TPSA) is 88.5 Å². The fourth-order valence-corrected chi connectivity index (χ4v) is 4.58. The molecule has 1 atom stereocenters. The van der Waals surface area contributed by atoms with E-state index in [0.717, 1.165) is 76.7 Å². The Morgan fingerprint density at radius 2 is 1.91 bits per heavy atom. The van der Waals surface area contributed by atoms with Gasteiger partial charge < -0.3 is 20.3 Å². The van der Waals surface area contributed by atoms with E-state index in [1.807, 2.05) is 25.7 Å². The summed E-state index contributed by atoms with van der Waals surface area (Å²) in [5, 5.41) is 11.2. The van der Waals surface area contributed by atoms with Crippen molar-refractivity contribution in [1.82, 2.24) is 25.3 Å². The molecule has 0 saturated carbocycles. The van der Waals surface area contributed by atoms with E-state index in [1.54, 1.807) is 0 Å². The van der Waals surface area contributed by atoms with Crippen molar-refractivity contribution in [2.45, 2.75) is 97.2 Å². The number of amides is 2. The van der Waals surface area contributed by atoms with Crippen LogP contribution < -0.4 is 10.6 Å². The number of rotatable bonds is 8. The summed E-state index contributed by atoms with van der Waals surface area (Å²) in [7, 11) is 0. The normalized spacial score (nSPS) is 18.9. The summed E-state index contributed by atoms with van der Waals surface area (Å²) in [5.74, 6) is 0.109. The highest BCUT2D eigenvalue weighted by atomic mass is 16.6. The van der Waals surface area contributed by atoms with Gasteiger partial charge in [0.15, 0.2) is 5.69 Å². The highest BCUT2D eigenvalue weighted by Gasteiger charge is 2.31. The zero-order valence-electron chi connectivity index (χ0n) is 20.3. The quantitative estimate of drug-likeness (QED) is 0.597. The second kappa shape index (κ2) is 11.2. The standard InChI is InChI=1S/C24H41N5O3/c1-5-14-29-20-11-10-18(25-12-9-13-26-23(31)32-24(2,3)4)17-19(20)21(27-29)22(30)28-15-7-6-8-16-28/h18,25H,5-17H2,1-4H3,(H,26,31). The molecule has 2 amide bonds. The number of aromatic nitrogens is 2. The van der Waals surface area contributed by atoms with Gasteiger partial charge in [-0.15, -0.1) is 0 Å². The Balaban J connectivity index is 1.54. The minimum Gasteiger partial charge on any atom is -0.444 e. The Morgan fingerprint density at radius 1 is 1.16 bits per heavy atom. The van der Waals surface area contributed by atoms with Crippen LogP contribution in [-0.4, -0.2) is 64.5 Å². The number of hydrogen-bond donors (Lipinski definition) is 2. The summed E-state index contributed by atoms with van der Waals surface area (Å²) in [6.45, 7) is 11.7. The lowest BCUT2D eigenvalue weighted by Gasteiger charge is -2.28. The predicted octanol–water partition coefficient (Wildman–Crippen LogP) is 3.28. The Morgan fingerprint density at radius 3 is 2.59 bits per heavy atom. The molecular formula is C24H41N5O3. The number of piperidine rings is 1. The first kappa shape index (κ1) is 24.6. The summed E-state index contributed by atoms with van der Waals surface area (Å²) in [5.41, 5.74) is 2.59. The largest absolute Gasteiger partial charge is 0.444 e. The van der Waals surface area contributed by atoms with Crippen LogP contribution >= 0.6 is 0 Å². The fraction of sp³-hybridized carbons (Fsp3) is 0.792. The highest BCUT2D eigenvalue weighted by Crippen LogP contribution is 2.27. The van der Waals surface area contributed by atoms with Gasteiger partial charge in [0.25, 0.3) is 5.91 Å². The molecule has 1 fully saturated rings. The molecule has 32 heavy (non-hydrogen) atoms. The summed E-state index contributed by atoms with van der Waals surface area (Å²) in [4.78, 5) is 27.0. The van der Waals surface area contributed by atoms with Crippen molar-refractivity contribution in [1.29, 1.82) is 0 Å². The van der Waals surface area contributed by atoms with E-state index in [0.29, 0.717) is 18.3 Å². The third kappa shape index (κ3) is 6.70. The van der Waals surface area contributed by atoms with E-state index >= 15 is 0 Å². The van der Waals surface area contributed by atoms with Crippen molar-refractivity contribution >= 4 is 12.0 Å². The Kier molecular flexibility index (Phi) is 8.57. The fourth-order valence-electron chi connectivity index (χ4n) is 4.58. The van der Waals surface area contributed by atoms with Gasteiger partial charge in [0, 0.05) is 43.5 Å². The van der Waals surface area contributed by atoms with Crippen molar-refractivity contribution in [2.24, 2.45) is 0 Å². The Bertz CT molecular complexity index is 777. The maximum atomic E-state index is 13.2. The predicted molar refractivity (Wildman–Crippen MR) is 125 cm³/mol. The molecule has 1 unspecified atom stereocenters. The number of carbonyl (C=O) groups excluding carboxylic acids is 2. The lowest BCUT2D eigenvalue weighted by molar-refractivity contribution is 0.0527. The molecule has 1 aromatic heterocycles. The maximum absolute atomic E-state index is 13.2. The molecule has 0 bridgehead atoms. The van der Waals surface area contributed by atoms with E-state index in [9.17, 15) is 9.59 Å². The molecule has 1 aromatic rings. The van der Waals surface area contributed by atoms with Crippen LogP contribution in [0, 0.1) is 0 Å². The average Bonchev–Trinajstić information content (AvgIpc) is 3.10. The number of nitrogens with one attached hydrogen (secondary N) is 2. The van der Waals surface area contributed by atoms with Crippen molar-refractivity contribution in [3.8, 4) is 0 Å². The molecule has 0 radical (unpaired) electrons. The zero-order valence-corrected chi connectivity index (χ0v) is 20.3. The smallest absolute Gasteiger partial charge is 0.407 e. The van der Waals surface area contributed by atoms with E-state index in [-0.39, 0.29) is 12.0 Å². The molecule has 8 nitrogen and oxygen atoms in total. The molecule has 0 spiro atoms. The van der Waals surface area contributed by atoms with E-state index < -0.39 is 5.60 Å². The highest BCUT2D eigenvalue weighted by molar-refractivity contribution is 5.94. The van der Waals surface area contributed by atoms with Crippen molar-refractivity contribution in [3.05, 3.63) is 17.0 Å². The van der Waals surface area contributed by atoms with Gasteiger partial charge in [-0.05, 0) is 78.7 Å². The SMILES string of the molecule is CCCn1nc(C(=O)N2CCCCC2)c2c1CCC(NCCCNC(=O)OC(C)(C)C)C2. The zero-order chi connectivity index (χ0) is 23.1. The first-order valence-corrected chi connectivity index (χ1v) is 12.4. The lowest BCUT2D eigenvalue weighted by Crippen LogP contribution is -2.39. The second-order valence-corrected chi connectivity index (χ2v) is 10.0. The van der Waals surface area contributed by atoms with Gasteiger partial charge in [0.05, 0.1) is 0 Å². The molecular weight excluding hydrogens is 406 g/mol. The molecule has 3 rings (SSSR count). The molecule has 1 aliphatic carbocycles. The molecule has 2 heterocycles. The Hall–Kier alpha value is -2.09. The molecule has 2 aliphatic rings. The summed E-state index contributed by atoms with van der Waals surface area (Å²) in [6, 6.07) is 0.330. The number of nitrogens with zero attached hydrogens (tertiary/aromatic N) is 3. The van der Waals surface area contributed by atoms with Crippen molar-refractivity contribution in [3.63, 3.8) is 0 Å². The molecule has 1 saturated heterocycles. The van der Waals surface area contributed by atoms with Gasteiger partial charge in [-0.3, -0.25) is 9.48 Å². The van der Waals surface area contributed by atoms with Gasteiger partial charge in [-0.1, -0.05) is 6.92 Å². The summed E-state index contributed by atoms with van der Waals surface area (Å²) < 4.78 is 7.34. The monoisotopic (exact) mass is 447 g/mol. The molecule has 180 valence electrons. The molecule has 1 aliphatic heterocycles. The molecule has 0 aromatic carbocycles.